The number of nitrogens with two attached hydrogens (primary N) is 1. The van der Waals surface area contributed by atoms with Crippen molar-refractivity contribution in [3.8, 4) is 0 Å². The van der Waals surface area contributed by atoms with Crippen LogP contribution >= 0.6 is 0 Å². The smallest absolute Gasteiger partial charge is 0.307 e. The highest BCUT2D eigenvalue weighted by Gasteiger charge is 2.44. The van der Waals surface area contributed by atoms with Crippen LogP contribution in [0.25, 0.3) is 0 Å². The molecule has 1 aromatic carbocycles. The van der Waals surface area contributed by atoms with Crippen molar-refractivity contribution in [2.75, 3.05) is 0 Å². The normalized spacial score (nSPS) is 24.6. The molecule has 2 atom stereocenters. The van der Waals surface area contributed by atoms with Crippen LogP contribution in [0.2, 0.25) is 0 Å². The van der Waals surface area contributed by atoms with Crippen LogP contribution in [0.15, 0.2) is 24.3 Å². The number of benzene rings is 1. The lowest BCUT2D eigenvalue weighted by Crippen LogP contribution is -2.00. The molecule has 0 radical (unpaired) electrons. The first kappa shape index (κ1) is 9.21. The fraction of sp³-hybridized carbons (Fsp3) is 0.364. The van der Waals surface area contributed by atoms with Gasteiger partial charge in [0.15, 0.2) is 0 Å². The van der Waals surface area contributed by atoms with Gasteiger partial charge < -0.3 is 10.8 Å². The fourth-order valence-corrected chi connectivity index (χ4v) is 1.79. The molecular weight excluding hydrogens is 178 g/mol. The third-order valence-corrected chi connectivity index (χ3v) is 2.72. The van der Waals surface area contributed by atoms with Crippen molar-refractivity contribution >= 4 is 5.97 Å². The second kappa shape index (κ2) is 3.42. The van der Waals surface area contributed by atoms with E-state index < -0.39 is 5.97 Å². The number of aliphatic carboxylic acids is 1. The van der Waals surface area contributed by atoms with Gasteiger partial charge in [-0.2, -0.15) is 0 Å². The van der Waals surface area contributed by atoms with Crippen LogP contribution in [0, 0.1) is 5.92 Å². The molecule has 1 saturated carbocycles. The van der Waals surface area contributed by atoms with E-state index in [1.54, 1.807) is 0 Å². The Hall–Kier alpha value is -1.35. The van der Waals surface area contributed by atoms with E-state index in [2.05, 4.69) is 0 Å². The van der Waals surface area contributed by atoms with E-state index in [4.69, 9.17) is 10.8 Å². The van der Waals surface area contributed by atoms with Crippen LogP contribution in [-0.4, -0.2) is 11.1 Å². The van der Waals surface area contributed by atoms with Crippen molar-refractivity contribution in [3.05, 3.63) is 35.4 Å². The predicted molar refractivity (Wildman–Crippen MR) is 52.8 cm³/mol. The summed E-state index contributed by atoms with van der Waals surface area (Å²) < 4.78 is 0. The summed E-state index contributed by atoms with van der Waals surface area (Å²) >= 11 is 0. The van der Waals surface area contributed by atoms with E-state index in [1.165, 1.54) is 0 Å². The average molecular weight is 191 g/mol. The van der Waals surface area contributed by atoms with Gasteiger partial charge in [0.05, 0.1) is 5.92 Å². The highest BCUT2D eigenvalue weighted by atomic mass is 16.4. The summed E-state index contributed by atoms with van der Waals surface area (Å²) in [5, 5.41) is 8.79. The second-order valence-electron chi connectivity index (χ2n) is 3.74. The number of hydrogen-bond donors (Lipinski definition) is 2. The van der Waals surface area contributed by atoms with E-state index >= 15 is 0 Å². The zero-order valence-electron chi connectivity index (χ0n) is 7.81. The van der Waals surface area contributed by atoms with E-state index in [0.29, 0.717) is 6.54 Å². The molecule has 0 heterocycles. The average Bonchev–Trinajstić information content (AvgIpc) is 2.97. The lowest BCUT2D eigenvalue weighted by Gasteiger charge is -2.01. The van der Waals surface area contributed by atoms with Gasteiger partial charge in [0, 0.05) is 6.54 Å². The topological polar surface area (TPSA) is 63.3 Å². The van der Waals surface area contributed by atoms with Gasteiger partial charge in [0.1, 0.15) is 0 Å². The summed E-state index contributed by atoms with van der Waals surface area (Å²) in [7, 11) is 0. The van der Waals surface area contributed by atoms with Gasteiger partial charge >= 0.3 is 5.97 Å². The predicted octanol–water partition coefficient (Wildman–Crippen LogP) is 1.33. The largest absolute Gasteiger partial charge is 0.481 e. The summed E-state index contributed by atoms with van der Waals surface area (Å²) in [6.45, 7) is 0.512. The molecule has 74 valence electrons. The third kappa shape index (κ3) is 1.63. The molecule has 0 spiro atoms. The molecule has 1 aromatic rings. The maximum atomic E-state index is 10.7. The van der Waals surface area contributed by atoms with E-state index in [9.17, 15) is 4.79 Å². The van der Waals surface area contributed by atoms with Gasteiger partial charge in [0.25, 0.3) is 0 Å². The molecule has 2 rings (SSSR count). The van der Waals surface area contributed by atoms with Crippen LogP contribution < -0.4 is 5.73 Å². The van der Waals surface area contributed by atoms with E-state index in [-0.39, 0.29) is 11.8 Å². The Morgan fingerprint density at radius 1 is 1.57 bits per heavy atom. The molecular formula is C11H13NO2. The quantitative estimate of drug-likeness (QED) is 0.757. The maximum absolute atomic E-state index is 10.7. The van der Waals surface area contributed by atoms with Crippen LogP contribution in [0.3, 0.4) is 0 Å². The van der Waals surface area contributed by atoms with Gasteiger partial charge in [-0.3, -0.25) is 4.79 Å². The van der Waals surface area contributed by atoms with Crippen molar-refractivity contribution in [1.82, 2.24) is 0 Å². The SMILES string of the molecule is NCc1cccc([C@@H]2C[C@H]2C(=O)O)c1. The highest BCUT2D eigenvalue weighted by Crippen LogP contribution is 2.47. The van der Waals surface area contributed by atoms with Crippen LogP contribution in [-0.2, 0) is 11.3 Å². The number of carboxylic acid groups (broad SMARTS) is 1. The van der Waals surface area contributed by atoms with E-state index in [1.807, 2.05) is 24.3 Å². The van der Waals surface area contributed by atoms with Crippen molar-refractivity contribution in [2.24, 2.45) is 11.7 Å². The maximum Gasteiger partial charge on any atom is 0.307 e. The van der Waals surface area contributed by atoms with Gasteiger partial charge in [-0.25, -0.2) is 0 Å². The third-order valence-electron chi connectivity index (χ3n) is 2.72. The molecule has 3 nitrogen and oxygen atoms in total. The highest BCUT2D eigenvalue weighted by molar-refractivity contribution is 5.75. The second-order valence-corrected chi connectivity index (χ2v) is 3.74. The molecule has 0 aromatic heterocycles. The Kier molecular flexibility index (Phi) is 2.25. The molecule has 0 amide bonds. The van der Waals surface area contributed by atoms with Crippen molar-refractivity contribution < 1.29 is 9.90 Å². The Morgan fingerprint density at radius 2 is 2.36 bits per heavy atom. The molecule has 3 heteroatoms. The molecule has 1 fully saturated rings. The van der Waals surface area contributed by atoms with Crippen LogP contribution in [0.5, 0.6) is 0 Å². The minimum Gasteiger partial charge on any atom is -0.481 e. The number of hydrogen-bond acceptors (Lipinski definition) is 2. The van der Waals surface area contributed by atoms with Crippen molar-refractivity contribution in [2.45, 2.75) is 18.9 Å². The summed E-state index contributed by atoms with van der Waals surface area (Å²) in [5.74, 6) is -0.657. The van der Waals surface area contributed by atoms with Gasteiger partial charge in [0.2, 0.25) is 0 Å². The lowest BCUT2D eigenvalue weighted by atomic mass is 10.1. The molecule has 0 saturated heterocycles. The van der Waals surface area contributed by atoms with Gasteiger partial charge in [-0.05, 0) is 23.5 Å². The Bertz CT molecular complexity index is 362. The molecule has 0 unspecified atom stereocenters. The fourth-order valence-electron chi connectivity index (χ4n) is 1.79. The summed E-state index contributed by atoms with van der Waals surface area (Å²) in [4.78, 5) is 10.7. The summed E-state index contributed by atoms with van der Waals surface area (Å²) in [5.41, 5.74) is 7.70. The van der Waals surface area contributed by atoms with Crippen molar-refractivity contribution in [3.63, 3.8) is 0 Å². The minimum atomic E-state index is -0.687. The first-order valence-electron chi connectivity index (χ1n) is 4.74. The molecule has 1 aliphatic carbocycles. The number of carbonyl (C=O) groups is 1. The van der Waals surface area contributed by atoms with Crippen LogP contribution in [0.4, 0.5) is 0 Å². The van der Waals surface area contributed by atoms with E-state index in [0.717, 1.165) is 17.5 Å². The first-order valence-corrected chi connectivity index (χ1v) is 4.74. The number of carboxylic acids is 1. The lowest BCUT2D eigenvalue weighted by molar-refractivity contribution is -0.138. The number of rotatable bonds is 3. The zero-order chi connectivity index (χ0) is 10.1. The van der Waals surface area contributed by atoms with Gasteiger partial charge in [-0.1, -0.05) is 24.3 Å². The molecule has 0 bridgehead atoms. The molecule has 1 aliphatic rings. The van der Waals surface area contributed by atoms with Gasteiger partial charge in [-0.15, -0.1) is 0 Å². The van der Waals surface area contributed by atoms with Crippen molar-refractivity contribution in [1.29, 1.82) is 0 Å². The molecule has 3 N–H and O–H groups in total. The Morgan fingerprint density at radius 3 is 2.93 bits per heavy atom. The zero-order valence-corrected chi connectivity index (χ0v) is 7.81. The minimum absolute atomic E-state index is 0.178. The molecule has 0 aliphatic heterocycles. The Labute approximate surface area is 82.5 Å². The molecule has 14 heavy (non-hydrogen) atoms. The summed E-state index contributed by atoms with van der Waals surface area (Å²) in [6, 6.07) is 7.89. The monoisotopic (exact) mass is 191 g/mol. The first-order chi connectivity index (χ1) is 6.72. The Balaban J connectivity index is 2.15. The van der Waals surface area contributed by atoms with Crippen LogP contribution in [0.1, 0.15) is 23.5 Å². The summed E-state index contributed by atoms with van der Waals surface area (Å²) in [6.07, 6.45) is 0.767. The standard InChI is InChI=1S/C11H13NO2/c12-6-7-2-1-3-8(4-7)9-5-10(9)11(13)14/h1-4,9-10H,5-6,12H2,(H,13,14)/t9-,10+/m0/s1.